The molecule has 6 heteroatoms. The van der Waals surface area contributed by atoms with Crippen molar-refractivity contribution in [2.24, 2.45) is 5.73 Å². The predicted octanol–water partition coefficient (Wildman–Crippen LogP) is 2.22. The van der Waals surface area contributed by atoms with Crippen LogP contribution in [0.25, 0.3) is 0 Å². The molecule has 104 valence electrons. The van der Waals surface area contributed by atoms with Gasteiger partial charge in [0.2, 0.25) is 11.7 Å². The minimum Gasteiger partial charge on any atom is -0.483 e. The number of hydrogen-bond donors (Lipinski definition) is 2. The second kappa shape index (κ2) is 5.48. The van der Waals surface area contributed by atoms with Crippen molar-refractivity contribution in [2.45, 2.75) is 13.0 Å². The fourth-order valence-corrected chi connectivity index (χ4v) is 1.65. The number of carbonyl (C=O) groups excluding carboxylic acids is 1. The molecule has 0 saturated heterocycles. The zero-order chi connectivity index (χ0) is 14.7. The number of furan rings is 1. The number of carboxylic acids is 1. The molecule has 1 aromatic heterocycles. The van der Waals surface area contributed by atoms with Gasteiger partial charge < -0.3 is 20.0 Å². The van der Waals surface area contributed by atoms with E-state index in [2.05, 4.69) is 0 Å². The molecule has 20 heavy (non-hydrogen) atoms. The van der Waals surface area contributed by atoms with E-state index in [9.17, 15) is 9.59 Å². The lowest BCUT2D eigenvalue weighted by molar-refractivity contribution is 0.0655. The summed E-state index contributed by atoms with van der Waals surface area (Å²) in [4.78, 5) is 21.7. The van der Waals surface area contributed by atoms with Crippen molar-refractivity contribution in [1.82, 2.24) is 0 Å². The number of benzene rings is 1. The average molecular weight is 275 g/mol. The predicted molar refractivity (Wildman–Crippen MR) is 69.7 cm³/mol. The summed E-state index contributed by atoms with van der Waals surface area (Å²) in [5, 5.41) is 8.77. The molecule has 0 spiro atoms. The molecule has 0 aliphatic rings. The van der Waals surface area contributed by atoms with Crippen LogP contribution < -0.4 is 10.5 Å². The Kier molecular flexibility index (Phi) is 3.74. The Labute approximate surface area is 114 Å². The van der Waals surface area contributed by atoms with E-state index >= 15 is 0 Å². The third kappa shape index (κ3) is 2.97. The average Bonchev–Trinajstić information content (AvgIpc) is 2.89. The van der Waals surface area contributed by atoms with Gasteiger partial charge in [0.15, 0.2) is 6.10 Å². The van der Waals surface area contributed by atoms with Crippen molar-refractivity contribution in [3.05, 3.63) is 53.5 Å². The Bertz CT molecular complexity index is 629. The van der Waals surface area contributed by atoms with Crippen LogP contribution in [0.1, 0.15) is 39.7 Å². The minimum absolute atomic E-state index is 0.139. The first-order valence-corrected chi connectivity index (χ1v) is 5.87. The molecule has 0 fully saturated rings. The summed E-state index contributed by atoms with van der Waals surface area (Å²) in [6, 6.07) is 9.24. The number of carbonyl (C=O) groups is 2. The van der Waals surface area contributed by atoms with Gasteiger partial charge in [-0.2, -0.15) is 0 Å². The van der Waals surface area contributed by atoms with Crippen molar-refractivity contribution in [1.29, 1.82) is 0 Å². The van der Waals surface area contributed by atoms with Gasteiger partial charge in [0, 0.05) is 5.56 Å². The van der Waals surface area contributed by atoms with Crippen LogP contribution in [0, 0.1) is 0 Å². The largest absolute Gasteiger partial charge is 0.483 e. The number of hydrogen-bond acceptors (Lipinski definition) is 4. The van der Waals surface area contributed by atoms with Gasteiger partial charge in [0.1, 0.15) is 11.5 Å². The third-order valence-electron chi connectivity index (χ3n) is 2.69. The van der Waals surface area contributed by atoms with E-state index in [4.69, 9.17) is 20.0 Å². The van der Waals surface area contributed by atoms with Gasteiger partial charge in [0.05, 0.1) is 0 Å². The van der Waals surface area contributed by atoms with Crippen LogP contribution >= 0.6 is 0 Å². The molecule has 6 nitrogen and oxygen atoms in total. The maximum atomic E-state index is 10.9. The fraction of sp³-hybridized carbons (Fsp3) is 0.143. The van der Waals surface area contributed by atoms with Crippen LogP contribution in [0.15, 0.2) is 40.8 Å². The van der Waals surface area contributed by atoms with E-state index in [1.807, 2.05) is 0 Å². The molecule has 1 amide bonds. The zero-order valence-corrected chi connectivity index (χ0v) is 10.7. The lowest BCUT2D eigenvalue weighted by Gasteiger charge is -2.12. The number of primary amides is 1. The summed E-state index contributed by atoms with van der Waals surface area (Å²) < 4.78 is 10.7. The minimum atomic E-state index is -1.13. The second-order valence-electron chi connectivity index (χ2n) is 4.16. The molecule has 1 heterocycles. The van der Waals surface area contributed by atoms with Gasteiger partial charge in [0.25, 0.3) is 0 Å². The van der Waals surface area contributed by atoms with Gasteiger partial charge in [-0.3, -0.25) is 4.79 Å². The highest BCUT2D eigenvalue weighted by Crippen LogP contribution is 2.23. The van der Waals surface area contributed by atoms with Crippen LogP contribution in [0.2, 0.25) is 0 Å². The summed E-state index contributed by atoms with van der Waals surface area (Å²) in [5.74, 6) is -0.854. The Hall–Kier alpha value is -2.76. The highest BCUT2D eigenvalue weighted by molar-refractivity contribution is 5.92. The third-order valence-corrected chi connectivity index (χ3v) is 2.69. The maximum absolute atomic E-state index is 10.9. The Morgan fingerprint density at radius 1 is 1.20 bits per heavy atom. The molecule has 1 unspecified atom stereocenters. The molecule has 3 N–H and O–H groups in total. The quantitative estimate of drug-likeness (QED) is 0.870. The lowest BCUT2D eigenvalue weighted by atomic mass is 10.2. The van der Waals surface area contributed by atoms with Crippen molar-refractivity contribution in [3.63, 3.8) is 0 Å². The van der Waals surface area contributed by atoms with Crippen molar-refractivity contribution in [2.75, 3.05) is 0 Å². The van der Waals surface area contributed by atoms with E-state index in [0.29, 0.717) is 17.1 Å². The smallest absolute Gasteiger partial charge is 0.371 e. The Balaban J connectivity index is 2.08. The number of ether oxygens (including phenoxy) is 1. The number of rotatable bonds is 5. The molecule has 0 bridgehead atoms. The second-order valence-corrected chi connectivity index (χ2v) is 4.16. The molecule has 0 aliphatic heterocycles. The van der Waals surface area contributed by atoms with Crippen molar-refractivity contribution >= 4 is 11.9 Å². The SMILES string of the molecule is CC(Oc1ccc(C(N)=O)cc1)c1ccc(C(=O)O)o1. The normalized spacial score (nSPS) is 11.8. The van der Waals surface area contributed by atoms with E-state index in [-0.39, 0.29) is 5.76 Å². The fourth-order valence-electron chi connectivity index (χ4n) is 1.65. The van der Waals surface area contributed by atoms with E-state index in [1.54, 1.807) is 37.3 Å². The highest BCUT2D eigenvalue weighted by atomic mass is 16.5. The standard InChI is InChI=1S/C14H13NO5/c1-8(11-6-7-12(20-11)14(17)18)19-10-4-2-9(3-5-10)13(15)16/h2-8H,1H3,(H2,15,16)(H,17,18). The van der Waals surface area contributed by atoms with Gasteiger partial charge in [-0.1, -0.05) is 0 Å². The van der Waals surface area contributed by atoms with Gasteiger partial charge in [-0.05, 0) is 43.3 Å². The zero-order valence-electron chi connectivity index (χ0n) is 10.7. The topological polar surface area (TPSA) is 103 Å². The molecule has 0 aliphatic carbocycles. The van der Waals surface area contributed by atoms with E-state index < -0.39 is 18.0 Å². The summed E-state index contributed by atoms with van der Waals surface area (Å²) >= 11 is 0. The molecule has 0 saturated carbocycles. The van der Waals surface area contributed by atoms with E-state index in [1.165, 1.54) is 6.07 Å². The van der Waals surface area contributed by atoms with Crippen LogP contribution in [-0.4, -0.2) is 17.0 Å². The van der Waals surface area contributed by atoms with Crippen molar-refractivity contribution in [3.8, 4) is 5.75 Å². The summed E-state index contributed by atoms with van der Waals surface area (Å²) in [6.07, 6.45) is -0.456. The van der Waals surface area contributed by atoms with Crippen LogP contribution in [-0.2, 0) is 0 Å². The molecule has 0 radical (unpaired) electrons. The summed E-state index contributed by atoms with van der Waals surface area (Å²) in [7, 11) is 0. The Morgan fingerprint density at radius 3 is 2.35 bits per heavy atom. The van der Waals surface area contributed by atoms with Crippen molar-refractivity contribution < 1.29 is 23.8 Å². The Morgan fingerprint density at radius 2 is 1.85 bits per heavy atom. The highest BCUT2D eigenvalue weighted by Gasteiger charge is 2.15. The number of carboxylic acid groups (broad SMARTS) is 1. The summed E-state index contributed by atoms with van der Waals surface area (Å²) in [5.41, 5.74) is 5.52. The molecular formula is C14H13NO5. The summed E-state index contributed by atoms with van der Waals surface area (Å²) in [6.45, 7) is 1.73. The molecule has 1 aromatic carbocycles. The monoisotopic (exact) mass is 275 g/mol. The van der Waals surface area contributed by atoms with Gasteiger partial charge in [-0.25, -0.2) is 4.79 Å². The number of amides is 1. The molecular weight excluding hydrogens is 262 g/mol. The first kappa shape index (κ1) is 13.7. The van der Waals surface area contributed by atoms with Crippen LogP contribution in [0.4, 0.5) is 0 Å². The van der Waals surface area contributed by atoms with Crippen LogP contribution in [0.3, 0.4) is 0 Å². The number of aromatic carboxylic acids is 1. The maximum Gasteiger partial charge on any atom is 0.371 e. The lowest BCUT2D eigenvalue weighted by Crippen LogP contribution is -2.10. The number of nitrogens with two attached hydrogens (primary N) is 1. The van der Waals surface area contributed by atoms with E-state index in [0.717, 1.165) is 0 Å². The van der Waals surface area contributed by atoms with Gasteiger partial charge in [-0.15, -0.1) is 0 Å². The first-order valence-electron chi connectivity index (χ1n) is 5.87. The van der Waals surface area contributed by atoms with Gasteiger partial charge >= 0.3 is 5.97 Å². The first-order chi connectivity index (χ1) is 9.47. The van der Waals surface area contributed by atoms with Crippen LogP contribution in [0.5, 0.6) is 5.75 Å². The molecule has 2 rings (SSSR count). The molecule has 1 atom stereocenters. The molecule has 2 aromatic rings.